The molecule has 0 spiro atoms. The standard InChI is InChI=1S/C18H26N4O3/c1-22-12-7-15(17(23)21-11-10-20-9-8-19)16(18(22)24)25-13-14-5-3-2-4-6-14/h2-6,20H,7-13,19H2,1H3,(H,21,23). The van der Waals surface area contributed by atoms with Gasteiger partial charge in [-0.2, -0.15) is 0 Å². The van der Waals surface area contributed by atoms with E-state index in [2.05, 4.69) is 10.6 Å². The zero-order valence-corrected chi connectivity index (χ0v) is 14.6. The maximum Gasteiger partial charge on any atom is 0.289 e. The van der Waals surface area contributed by atoms with Crippen molar-refractivity contribution in [3.05, 3.63) is 47.2 Å². The number of carbonyl (C=O) groups excluding carboxylic acids is 2. The van der Waals surface area contributed by atoms with E-state index in [1.165, 1.54) is 0 Å². The maximum absolute atomic E-state index is 12.4. The minimum absolute atomic E-state index is 0.144. The van der Waals surface area contributed by atoms with E-state index in [4.69, 9.17) is 10.5 Å². The lowest BCUT2D eigenvalue weighted by molar-refractivity contribution is -0.132. The first-order valence-corrected chi connectivity index (χ1v) is 8.47. The van der Waals surface area contributed by atoms with E-state index in [1.54, 1.807) is 11.9 Å². The molecule has 1 aliphatic heterocycles. The second kappa shape index (κ2) is 9.80. The summed E-state index contributed by atoms with van der Waals surface area (Å²) in [6.07, 6.45) is 0.481. The molecule has 7 heteroatoms. The lowest BCUT2D eigenvalue weighted by Crippen LogP contribution is -2.40. The highest BCUT2D eigenvalue weighted by Gasteiger charge is 2.30. The fourth-order valence-corrected chi connectivity index (χ4v) is 2.49. The van der Waals surface area contributed by atoms with Crippen LogP contribution in [-0.4, -0.2) is 56.5 Å². The summed E-state index contributed by atoms with van der Waals surface area (Å²) in [5, 5.41) is 5.93. The molecule has 0 atom stereocenters. The first kappa shape index (κ1) is 19.0. The number of hydrogen-bond donors (Lipinski definition) is 3. The van der Waals surface area contributed by atoms with Gasteiger partial charge in [-0.3, -0.25) is 9.59 Å². The van der Waals surface area contributed by atoms with E-state index in [1.807, 2.05) is 30.3 Å². The molecule has 1 aromatic carbocycles. The van der Waals surface area contributed by atoms with Crippen LogP contribution in [0.15, 0.2) is 41.7 Å². The fourth-order valence-electron chi connectivity index (χ4n) is 2.49. The molecule has 25 heavy (non-hydrogen) atoms. The molecular weight excluding hydrogens is 320 g/mol. The summed E-state index contributed by atoms with van der Waals surface area (Å²) in [5.41, 5.74) is 6.76. The van der Waals surface area contributed by atoms with Gasteiger partial charge in [-0.1, -0.05) is 30.3 Å². The first-order valence-electron chi connectivity index (χ1n) is 8.47. The number of nitrogens with two attached hydrogens (primary N) is 1. The molecular formula is C18H26N4O3. The van der Waals surface area contributed by atoms with E-state index in [9.17, 15) is 9.59 Å². The Balaban J connectivity index is 2.02. The van der Waals surface area contributed by atoms with E-state index < -0.39 is 0 Å². The van der Waals surface area contributed by atoms with Crippen LogP contribution < -0.4 is 16.4 Å². The molecule has 2 amide bonds. The molecule has 0 bridgehead atoms. The molecule has 136 valence electrons. The Morgan fingerprint density at radius 1 is 1.24 bits per heavy atom. The highest BCUT2D eigenvalue weighted by atomic mass is 16.5. The van der Waals surface area contributed by atoms with E-state index >= 15 is 0 Å². The van der Waals surface area contributed by atoms with Crippen molar-refractivity contribution in [1.29, 1.82) is 0 Å². The van der Waals surface area contributed by atoms with Crippen molar-refractivity contribution in [2.45, 2.75) is 13.0 Å². The summed E-state index contributed by atoms with van der Waals surface area (Å²) >= 11 is 0. The lowest BCUT2D eigenvalue weighted by Gasteiger charge is -2.26. The number of amides is 2. The number of nitrogens with zero attached hydrogens (tertiary/aromatic N) is 1. The summed E-state index contributed by atoms with van der Waals surface area (Å²) in [4.78, 5) is 26.4. The average Bonchev–Trinajstić information content (AvgIpc) is 2.63. The number of likely N-dealkylation sites (N-methyl/N-ethyl adjacent to an activating group) is 1. The summed E-state index contributed by atoms with van der Waals surface area (Å²) in [7, 11) is 1.71. The Morgan fingerprint density at radius 2 is 2.00 bits per heavy atom. The molecule has 2 rings (SSSR count). The average molecular weight is 346 g/mol. The van der Waals surface area contributed by atoms with Crippen LogP contribution in [0.5, 0.6) is 0 Å². The van der Waals surface area contributed by atoms with Gasteiger partial charge in [-0.15, -0.1) is 0 Å². The lowest BCUT2D eigenvalue weighted by atomic mass is 10.1. The van der Waals surface area contributed by atoms with E-state index in [0.29, 0.717) is 44.7 Å². The van der Waals surface area contributed by atoms with Crippen molar-refractivity contribution in [2.75, 3.05) is 39.8 Å². The van der Waals surface area contributed by atoms with Crippen LogP contribution >= 0.6 is 0 Å². The van der Waals surface area contributed by atoms with Gasteiger partial charge in [-0.25, -0.2) is 0 Å². The van der Waals surface area contributed by atoms with Gasteiger partial charge < -0.3 is 26.0 Å². The second-order valence-electron chi connectivity index (χ2n) is 5.85. The number of nitrogens with one attached hydrogen (secondary N) is 2. The van der Waals surface area contributed by atoms with Crippen LogP contribution in [0.1, 0.15) is 12.0 Å². The molecule has 0 fully saturated rings. The van der Waals surface area contributed by atoms with Crippen molar-refractivity contribution in [3.63, 3.8) is 0 Å². The third-order valence-corrected chi connectivity index (χ3v) is 3.92. The quantitative estimate of drug-likeness (QED) is 0.546. The van der Waals surface area contributed by atoms with Gasteiger partial charge in [0.25, 0.3) is 11.8 Å². The number of rotatable bonds is 9. The molecule has 0 saturated carbocycles. The first-order chi connectivity index (χ1) is 12.1. The Labute approximate surface area is 148 Å². The molecule has 1 aliphatic rings. The van der Waals surface area contributed by atoms with Gasteiger partial charge >= 0.3 is 0 Å². The number of hydrogen-bond acceptors (Lipinski definition) is 5. The largest absolute Gasteiger partial charge is 0.483 e. The minimum Gasteiger partial charge on any atom is -0.483 e. The summed E-state index contributed by atoms with van der Waals surface area (Å²) in [6.45, 7) is 3.11. The van der Waals surface area contributed by atoms with Gasteiger partial charge in [0, 0.05) is 39.8 Å². The Hall–Kier alpha value is -2.38. The fraction of sp³-hybridized carbons (Fsp3) is 0.444. The van der Waals surface area contributed by atoms with Crippen LogP contribution in [0, 0.1) is 0 Å². The van der Waals surface area contributed by atoms with Crippen LogP contribution in [-0.2, 0) is 20.9 Å². The van der Waals surface area contributed by atoms with Crippen molar-refractivity contribution < 1.29 is 14.3 Å². The summed E-state index contributed by atoms with van der Waals surface area (Å²) < 4.78 is 5.73. The number of carbonyl (C=O) groups is 2. The zero-order chi connectivity index (χ0) is 18.1. The predicted molar refractivity (Wildman–Crippen MR) is 95.4 cm³/mol. The van der Waals surface area contributed by atoms with Crippen LogP contribution in [0.4, 0.5) is 0 Å². The Kier molecular flexibility index (Phi) is 7.43. The van der Waals surface area contributed by atoms with Crippen molar-refractivity contribution >= 4 is 11.8 Å². The Bertz CT molecular complexity index is 616. The molecule has 1 aromatic rings. The van der Waals surface area contributed by atoms with Crippen LogP contribution in [0.3, 0.4) is 0 Å². The highest BCUT2D eigenvalue weighted by molar-refractivity contribution is 6.04. The minimum atomic E-state index is -0.256. The monoisotopic (exact) mass is 346 g/mol. The molecule has 1 heterocycles. The normalized spacial score (nSPS) is 14.6. The van der Waals surface area contributed by atoms with Gasteiger partial charge in [0.2, 0.25) is 0 Å². The van der Waals surface area contributed by atoms with Crippen LogP contribution in [0.2, 0.25) is 0 Å². The Morgan fingerprint density at radius 3 is 2.72 bits per heavy atom. The summed E-state index contributed by atoms with van der Waals surface area (Å²) in [5.74, 6) is -0.363. The predicted octanol–water partition coefficient (Wildman–Crippen LogP) is -0.0161. The molecule has 7 nitrogen and oxygen atoms in total. The number of benzene rings is 1. The molecule has 4 N–H and O–H groups in total. The smallest absolute Gasteiger partial charge is 0.289 e. The molecule has 0 unspecified atom stereocenters. The summed E-state index contributed by atoms with van der Waals surface area (Å²) in [6, 6.07) is 9.56. The molecule has 0 aliphatic carbocycles. The van der Waals surface area contributed by atoms with Gasteiger partial charge in [0.05, 0.1) is 5.57 Å². The third kappa shape index (κ3) is 5.58. The van der Waals surface area contributed by atoms with Gasteiger partial charge in [0.1, 0.15) is 6.61 Å². The SMILES string of the molecule is CN1CCC(C(=O)NCCNCCN)=C(OCc2ccccc2)C1=O. The van der Waals surface area contributed by atoms with Gasteiger partial charge in [-0.05, 0) is 12.0 Å². The molecule has 0 saturated heterocycles. The van der Waals surface area contributed by atoms with Crippen molar-refractivity contribution in [3.8, 4) is 0 Å². The van der Waals surface area contributed by atoms with Crippen molar-refractivity contribution in [1.82, 2.24) is 15.5 Å². The second-order valence-corrected chi connectivity index (χ2v) is 5.85. The number of ether oxygens (including phenoxy) is 1. The maximum atomic E-state index is 12.4. The zero-order valence-electron chi connectivity index (χ0n) is 14.6. The van der Waals surface area contributed by atoms with Crippen molar-refractivity contribution in [2.24, 2.45) is 5.73 Å². The molecule has 0 aromatic heterocycles. The topological polar surface area (TPSA) is 96.7 Å². The van der Waals surface area contributed by atoms with E-state index in [-0.39, 0.29) is 24.2 Å². The van der Waals surface area contributed by atoms with E-state index in [0.717, 1.165) is 5.56 Å². The molecule has 0 radical (unpaired) electrons. The highest BCUT2D eigenvalue weighted by Crippen LogP contribution is 2.21. The third-order valence-electron chi connectivity index (χ3n) is 3.92. The van der Waals surface area contributed by atoms with Crippen LogP contribution in [0.25, 0.3) is 0 Å². The van der Waals surface area contributed by atoms with Gasteiger partial charge in [0.15, 0.2) is 5.76 Å².